The van der Waals surface area contributed by atoms with Gasteiger partial charge in [0.2, 0.25) is 0 Å². The summed E-state index contributed by atoms with van der Waals surface area (Å²) in [6, 6.07) is 5.45. The number of hydrogen-bond acceptors (Lipinski definition) is 7. The van der Waals surface area contributed by atoms with Crippen LogP contribution in [0.3, 0.4) is 0 Å². The summed E-state index contributed by atoms with van der Waals surface area (Å²) < 4.78 is 1.93. The zero-order valence-corrected chi connectivity index (χ0v) is 15.7. The van der Waals surface area contributed by atoms with Gasteiger partial charge in [0.05, 0.1) is 12.2 Å². The first kappa shape index (κ1) is 17.1. The summed E-state index contributed by atoms with van der Waals surface area (Å²) in [4.78, 5) is 27.8. The van der Waals surface area contributed by atoms with E-state index in [0.29, 0.717) is 23.3 Å². The molecule has 2 atom stereocenters. The van der Waals surface area contributed by atoms with E-state index in [1.165, 1.54) is 6.33 Å². The summed E-state index contributed by atoms with van der Waals surface area (Å²) in [5, 5.41) is 7.17. The number of nitrogens with two attached hydrogens (primary N) is 1. The van der Waals surface area contributed by atoms with Crippen molar-refractivity contribution in [2.45, 2.75) is 32.4 Å². The number of nitrogen functional groups attached to an aromatic ring is 1. The van der Waals surface area contributed by atoms with E-state index in [1.54, 1.807) is 12.1 Å². The van der Waals surface area contributed by atoms with Gasteiger partial charge in [-0.05, 0) is 25.3 Å². The number of piperidine rings is 1. The van der Waals surface area contributed by atoms with E-state index in [2.05, 4.69) is 36.1 Å². The number of aromatic amines is 1. The zero-order valence-electron chi connectivity index (χ0n) is 15.7. The molecule has 9 nitrogen and oxygen atoms in total. The smallest absolute Gasteiger partial charge is 0.251 e. The van der Waals surface area contributed by atoms with Crippen LogP contribution in [0.1, 0.15) is 29.7 Å². The SMILES string of the molecule is Cc1nc(CN2C[C@@H]3C[C@H](C2)c2cc(-c4cc(N)ncn4)cc(=O)n2C3)n[nH]1. The molecule has 9 heteroatoms. The van der Waals surface area contributed by atoms with E-state index < -0.39 is 0 Å². The van der Waals surface area contributed by atoms with Crippen LogP contribution >= 0.6 is 0 Å². The Kier molecular flexibility index (Phi) is 3.97. The molecule has 3 aromatic rings. The third-order valence-electron chi connectivity index (χ3n) is 5.62. The van der Waals surface area contributed by atoms with Gasteiger partial charge >= 0.3 is 0 Å². The second kappa shape index (κ2) is 6.52. The van der Waals surface area contributed by atoms with Crippen molar-refractivity contribution in [1.82, 2.24) is 34.6 Å². The number of anilines is 1. The molecule has 0 aromatic carbocycles. The molecule has 2 aliphatic heterocycles. The van der Waals surface area contributed by atoms with Crippen molar-refractivity contribution in [2.24, 2.45) is 5.92 Å². The Bertz CT molecular complexity index is 1090. The van der Waals surface area contributed by atoms with Gasteiger partial charge in [-0.3, -0.25) is 14.8 Å². The monoisotopic (exact) mass is 378 g/mol. The van der Waals surface area contributed by atoms with E-state index >= 15 is 0 Å². The molecule has 1 saturated heterocycles. The Morgan fingerprint density at radius 1 is 1.21 bits per heavy atom. The summed E-state index contributed by atoms with van der Waals surface area (Å²) in [6.07, 6.45) is 2.53. The van der Waals surface area contributed by atoms with Gasteiger partial charge in [0.25, 0.3) is 5.56 Å². The van der Waals surface area contributed by atoms with Gasteiger partial charge in [0, 0.05) is 48.9 Å². The molecule has 144 valence electrons. The maximum absolute atomic E-state index is 12.8. The van der Waals surface area contributed by atoms with Gasteiger partial charge in [0.1, 0.15) is 18.0 Å². The molecular formula is C19H22N8O. The number of rotatable bonds is 3. The van der Waals surface area contributed by atoms with Crippen LogP contribution in [-0.2, 0) is 13.1 Å². The Labute approximate surface area is 161 Å². The van der Waals surface area contributed by atoms with Crippen LogP contribution in [0, 0.1) is 12.8 Å². The third kappa shape index (κ3) is 3.07. The van der Waals surface area contributed by atoms with E-state index in [1.807, 2.05) is 11.5 Å². The van der Waals surface area contributed by atoms with E-state index in [9.17, 15) is 4.79 Å². The van der Waals surface area contributed by atoms with E-state index in [0.717, 1.165) is 55.5 Å². The molecule has 28 heavy (non-hydrogen) atoms. The van der Waals surface area contributed by atoms with Gasteiger partial charge in [-0.1, -0.05) is 0 Å². The second-order valence-corrected chi connectivity index (χ2v) is 7.78. The van der Waals surface area contributed by atoms with E-state index in [4.69, 9.17) is 5.73 Å². The largest absolute Gasteiger partial charge is 0.384 e. The highest BCUT2D eigenvalue weighted by atomic mass is 16.1. The molecule has 0 radical (unpaired) electrons. The molecule has 2 aliphatic rings. The third-order valence-corrected chi connectivity index (χ3v) is 5.62. The van der Waals surface area contributed by atoms with Crippen molar-refractivity contribution in [3.63, 3.8) is 0 Å². The van der Waals surface area contributed by atoms with Crippen LogP contribution in [0.5, 0.6) is 0 Å². The number of nitrogens with zero attached hydrogens (tertiary/aromatic N) is 6. The highest BCUT2D eigenvalue weighted by Gasteiger charge is 2.35. The molecule has 2 bridgehead atoms. The van der Waals surface area contributed by atoms with Crippen LogP contribution in [0.15, 0.2) is 29.3 Å². The molecule has 5 heterocycles. The highest BCUT2D eigenvalue weighted by molar-refractivity contribution is 5.61. The lowest BCUT2D eigenvalue weighted by molar-refractivity contribution is 0.112. The van der Waals surface area contributed by atoms with Crippen molar-refractivity contribution in [1.29, 1.82) is 0 Å². The average molecular weight is 378 g/mol. The number of nitrogens with one attached hydrogen (secondary N) is 1. The quantitative estimate of drug-likeness (QED) is 0.696. The maximum atomic E-state index is 12.8. The first-order valence-electron chi connectivity index (χ1n) is 9.48. The lowest BCUT2D eigenvalue weighted by atomic mass is 9.82. The fraction of sp³-hybridized carbons (Fsp3) is 0.421. The molecule has 0 spiro atoms. The van der Waals surface area contributed by atoms with Crippen molar-refractivity contribution in [3.05, 3.63) is 52.2 Å². The molecule has 0 saturated carbocycles. The molecule has 0 unspecified atom stereocenters. The number of fused-ring (bicyclic) bond motifs is 4. The number of likely N-dealkylation sites (tertiary alicyclic amines) is 1. The molecule has 3 N–H and O–H groups in total. The fourth-order valence-corrected chi connectivity index (χ4v) is 4.53. The van der Waals surface area contributed by atoms with Crippen molar-refractivity contribution in [2.75, 3.05) is 18.8 Å². The Morgan fingerprint density at radius 2 is 2.11 bits per heavy atom. The average Bonchev–Trinajstić information content (AvgIpc) is 3.07. The molecule has 3 aromatic heterocycles. The normalized spacial score (nSPS) is 21.5. The molecule has 0 amide bonds. The Balaban J connectivity index is 1.47. The zero-order chi connectivity index (χ0) is 19.3. The van der Waals surface area contributed by atoms with Crippen LogP contribution in [-0.4, -0.2) is 47.7 Å². The summed E-state index contributed by atoms with van der Waals surface area (Å²) in [5.41, 5.74) is 8.37. The molecule has 0 aliphatic carbocycles. The van der Waals surface area contributed by atoms with Gasteiger partial charge in [-0.15, -0.1) is 0 Å². The predicted molar refractivity (Wildman–Crippen MR) is 103 cm³/mol. The van der Waals surface area contributed by atoms with Gasteiger partial charge < -0.3 is 10.3 Å². The van der Waals surface area contributed by atoms with Gasteiger partial charge in [-0.25, -0.2) is 15.0 Å². The summed E-state index contributed by atoms with van der Waals surface area (Å²) in [6.45, 7) is 5.23. The topological polar surface area (TPSA) is 119 Å². The summed E-state index contributed by atoms with van der Waals surface area (Å²) in [5.74, 6) is 2.82. The number of aryl methyl sites for hydroxylation is 1. The number of pyridine rings is 1. The minimum Gasteiger partial charge on any atom is -0.384 e. The Hall–Kier alpha value is -3.07. The van der Waals surface area contributed by atoms with E-state index in [-0.39, 0.29) is 5.56 Å². The highest BCUT2D eigenvalue weighted by Crippen LogP contribution is 2.36. The standard InChI is InChI=1S/C19H22N8O/c1-11-23-18(25-24-11)9-26-6-12-2-14(8-26)16-3-13(4-19(28)27(16)7-12)15-5-17(20)22-10-21-15/h3-5,10,12,14H,2,6-9H2,1H3,(H2,20,21,22)(H,23,24,25)/t12-,14+/m0/s1. The summed E-state index contributed by atoms with van der Waals surface area (Å²) in [7, 11) is 0. The molecular weight excluding hydrogens is 356 g/mol. The van der Waals surface area contributed by atoms with Crippen molar-refractivity contribution in [3.8, 4) is 11.3 Å². The van der Waals surface area contributed by atoms with Crippen molar-refractivity contribution >= 4 is 5.82 Å². The van der Waals surface area contributed by atoms with Crippen LogP contribution in [0.4, 0.5) is 5.82 Å². The maximum Gasteiger partial charge on any atom is 0.251 e. The lowest BCUT2D eigenvalue weighted by Gasteiger charge is -2.42. The minimum atomic E-state index is 0.0254. The lowest BCUT2D eigenvalue weighted by Crippen LogP contribution is -2.46. The molecule has 1 fully saturated rings. The van der Waals surface area contributed by atoms with Gasteiger partial charge in [-0.2, -0.15) is 5.10 Å². The predicted octanol–water partition coefficient (Wildman–Crippen LogP) is 0.933. The fourth-order valence-electron chi connectivity index (χ4n) is 4.53. The first-order chi connectivity index (χ1) is 13.5. The number of H-pyrrole nitrogens is 1. The molecule has 5 rings (SSSR count). The van der Waals surface area contributed by atoms with Crippen molar-refractivity contribution < 1.29 is 0 Å². The van der Waals surface area contributed by atoms with Crippen LogP contribution in [0.2, 0.25) is 0 Å². The second-order valence-electron chi connectivity index (χ2n) is 7.78. The van der Waals surface area contributed by atoms with Gasteiger partial charge in [0.15, 0.2) is 5.82 Å². The Morgan fingerprint density at radius 3 is 2.89 bits per heavy atom. The van der Waals surface area contributed by atoms with Crippen LogP contribution in [0.25, 0.3) is 11.3 Å². The number of hydrogen-bond donors (Lipinski definition) is 2. The number of aromatic nitrogens is 6. The summed E-state index contributed by atoms with van der Waals surface area (Å²) >= 11 is 0. The first-order valence-corrected chi connectivity index (χ1v) is 9.48. The van der Waals surface area contributed by atoms with Crippen LogP contribution < -0.4 is 11.3 Å². The minimum absolute atomic E-state index is 0.0254.